The van der Waals surface area contributed by atoms with E-state index in [0.717, 1.165) is 0 Å². The van der Waals surface area contributed by atoms with Gasteiger partial charge in [-0.25, -0.2) is 9.59 Å². The topological polar surface area (TPSA) is 111 Å². The number of rotatable bonds is 5. The van der Waals surface area contributed by atoms with Crippen LogP contribution in [0.2, 0.25) is 0 Å². The summed E-state index contributed by atoms with van der Waals surface area (Å²) >= 11 is 0. The normalized spacial score (nSPS) is 14.0. The van der Waals surface area contributed by atoms with E-state index in [1.807, 2.05) is 0 Å². The fourth-order valence-electron chi connectivity index (χ4n) is 2.89. The Balaban J connectivity index is 1.84. The number of nitrogens with one attached hydrogen (secondary N) is 1. The number of hydroxylamine groups is 2. The second-order valence-electron chi connectivity index (χ2n) is 7.71. The van der Waals surface area contributed by atoms with Gasteiger partial charge in [0.25, 0.3) is 11.8 Å². The van der Waals surface area contributed by atoms with E-state index in [9.17, 15) is 19.2 Å². The second-order valence-corrected chi connectivity index (χ2v) is 7.71. The number of carbonyl (C=O) groups excluding carboxylic acids is 4. The molecule has 0 saturated heterocycles. The van der Waals surface area contributed by atoms with E-state index >= 15 is 0 Å². The minimum atomic E-state index is -1.34. The lowest BCUT2D eigenvalue weighted by Gasteiger charge is -2.24. The van der Waals surface area contributed by atoms with Gasteiger partial charge in [-0.3, -0.25) is 9.59 Å². The van der Waals surface area contributed by atoms with Crippen LogP contribution in [0.15, 0.2) is 48.5 Å². The smallest absolute Gasteiger partial charge is 0.408 e. The Hall–Kier alpha value is -3.88. The molecule has 2 aromatic rings. The van der Waals surface area contributed by atoms with Gasteiger partial charge in [0.2, 0.25) is 0 Å². The predicted molar refractivity (Wildman–Crippen MR) is 108 cm³/mol. The quantitative estimate of drug-likeness (QED) is 0.732. The van der Waals surface area contributed by atoms with Gasteiger partial charge in [0.15, 0.2) is 6.04 Å². The summed E-state index contributed by atoms with van der Waals surface area (Å²) in [5, 5.41) is 2.82. The van der Waals surface area contributed by atoms with Crippen LogP contribution < -0.4 is 10.1 Å². The maximum absolute atomic E-state index is 12.9. The number of imide groups is 1. The third-order valence-corrected chi connectivity index (χ3v) is 4.28. The van der Waals surface area contributed by atoms with Crippen molar-refractivity contribution in [2.24, 2.45) is 0 Å². The Morgan fingerprint density at radius 1 is 0.935 bits per heavy atom. The highest BCUT2D eigenvalue weighted by Gasteiger charge is 2.40. The fraction of sp³-hybridized carbons (Fsp3) is 0.273. The lowest BCUT2D eigenvalue weighted by Crippen LogP contribution is -2.42. The molecule has 3 amide bonds. The van der Waals surface area contributed by atoms with Crippen molar-refractivity contribution in [3.63, 3.8) is 0 Å². The van der Waals surface area contributed by atoms with Gasteiger partial charge in [0, 0.05) is 0 Å². The third-order valence-electron chi connectivity index (χ3n) is 4.28. The molecule has 0 aliphatic carbocycles. The van der Waals surface area contributed by atoms with Crippen molar-refractivity contribution >= 4 is 23.9 Å². The number of amides is 3. The number of fused-ring (bicyclic) bond motifs is 1. The summed E-state index contributed by atoms with van der Waals surface area (Å²) in [7, 11) is 1.49. The first kappa shape index (κ1) is 21.8. The Morgan fingerprint density at radius 3 is 1.97 bits per heavy atom. The number of hydrogen-bond acceptors (Lipinski definition) is 7. The molecule has 31 heavy (non-hydrogen) atoms. The highest BCUT2D eigenvalue weighted by molar-refractivity contribution is 6.20. The van der Waals surface area contributed by atoms with E-state index < -0.39 is 35.5 Å². The zero-order valence-electron chi connectivity index (χ0n) is 17.5. The number of alkyl carbamates (subject to hydrolysis) is 1. The summed E-state index contributed by atoms with van der Waals surface area (Å²) < 4.78 is 10.3. The van der Waals surface area contributed by atoms with Crippen molar-refractivity contribution in [3.8, 4) is 5.75 Å². The molecule has 1 N–H and O–H groups in total. The van der Waals surface area contributed by atoms with Gasteiger partial charge in [-0.2, -0.15) is 0 Å². The molecule has 0 radical (unpaired) electrons. The molecular weight excluding hydrogens is 404 g/mol. The molecule has 9 nitrogen and oxygen atoms in total. The van der Waals surface area contributed by atoms with Crippen LogP contribution in [0, 0.1) is 0 Å². The Bertz CT molecular complexity index is 990. The molecular formula is C22H22N2O7. The number of hydrogen-bond donors (Lipinski definition) is 1. The highest BCUT2D eigenvalue weighted by Crippen LogP contribution is 2.25. The molecule has 0 saturated carbocycles. The zero-order chi connectivity index (χ0) is 22.8. The number of benzene rings is 2. The molecule has 3 rings (SSSR count). The Labute approximate surface area is 178 Å². The van der Waals surface area contributed by atoms with Crippen LogP contribution in [0.4, 0.5) is 4.79 Å². The molecule has 1 unspecified atom stereocenters. The molecule has 2 aromatic carbocycles. The maximum atomic E-state index is 12.9. The first-order valence-corrected chi connectivity index (χ1v) is 9.44. The molecule has 9 heteroatoms. The summed E-state index contributed by atoms with van der Waals surface area (Å²) in [4.78, 5) is 55.3. The molecule has 1 heterocycles. The van der Waals surface area contributed by atoms with Gasteiger partial charge in [0.05, 0.1) is 18.2 Å². The summed E-state index contributed by atoms with van der Waals surface area (Å²) in [6, 6.07) is 11.0. The van der Waals surface area contributed by atoms with E-state index in [4.69, 9.17) is 14.3 Å². The molecule has 1 aliphatic heterocycles. The van der Waals surface area contributed by atoms with E-state index in [1.54, 1.807) is 57.2 Å². The van der Waals surface area contributed by atoms with Crippen molar-refractivity contribution < 1.29 is 33.5 Å². The average molecular weight is 426 g/mol. The Kier molecular flexibility index (Phi) is 5.96. The SMILES string of the molecule is COc1ccc(C(NC(=O)OC(C)(C)C)C(=O)ON2C(=O)c3ccccc3C2=O)cc1. The first-order valence-electron chi connectivity index (χ1n) is 9.44. The van der Waals surface area contributed by atoms with Gasteiger partial charge in [0.1, 0.15) is 11.4 Å². The lowest BCUT2D eigenvalue weighted by atomic mass is 10.1. The molecule has 0 bridgehead atoms. The number of methoxy groups -OCH3 is 1. The summed E-state index contributed by atoms with van der Waals surface area (Å²) in [6.45, 7) is 5.02. The lowest BCUT2D eigenvalue weighted by molar-refractivity contribution is -0.171. The van der Waals surface area contributed by atoms with Crippen LogP contribution in [-0.2, 0) is 14.4 Å². The number of nitrogens with zero attached hydrogens (tertiary/aromatic N) is 1. The summed E-state index contributed by atoms with van der Waals surface area (Å²) in [5.41, 5.74) is -0.211. The largest absolute Gasteiger partial charge is 0.497 e. The standard InChI is InChI=1S/C22H22N2O7/c1-22(2,3)30-21(28)23-17(13-9-11-14(29-4)12-10-13)20(27)31-24-18(25)15-7-5-6-8-16(15)19(24)26/h5-12,17H,1-4H3,(H,23,28). The minimum Gasteiger partial charge on any atom is -0.497 e. The van der Waals surface area contributed by atoms with Crippen molar-refractivity contribution in [1.29, 1.82) is 0 Å². The van der Waals surface area contributed by atoms with Crippen LogP contribution in [-0.4, -0.2) is 41.7 Å². The van der Waals surface area contributed by atoms with Gasteiger partial charge < -0.3 is 19.6 Å². The summed E-state index contributed by atoms with van der Waals surface area (Å²) in [5.74, 6) is -2.03. The van der Waals surface area contributed by atoms with Gasteiger partial charge in [-0.05, 0) is 50.6 Å². The molecule has 162 valence electrons. The predicted octanol–water partition coefficient (Wildman–Crippen LogP) is 3.02. The van der Waals surface area contributed by atoms with Crippen molar-refractivity contribution in [2.45, 2.75) is 32.4 Å². The average Bonchev–Trinajstić information content (AvgIpc) is 2.96. The molecule has 0 aromatic heterocycles. The van der Waals surface area contributed by atoms with Gasteiger partial charge in [-0.1, -0.05) is 29.3 Å². The van der Waals surface area contributed by atoms with Crippen LogP contribution in [0.5, 0.6) is 5.75 Å². The number of ether oxygens (including phenoxy) is 2. The van der Waals surface area contributed by atoms with E-state index in [0.29, 0.717) is 16.4 Å². The molecule has 1 atom stereocenters. The van der Waals surface area contributed by atoms with Crippen molar-refractivity contribution in [3.05, 3.63) is 65.2 Å². The van der Waals surface area contributed by atoms with E-state index in [-0.39, 0.29) is 11.1 Å². The maximum Gasteiger partial charge on any atom is 0.408 e. The third kappa shape index (κ3) is 4.82. The molecule has 0 spiro atoms. The first-order chi connectivity index (χ1) is 14.6. The molecule has 0 fully saturated rings. The Morgan fingerprint density at radius 2 is 1.48 bits per heavy atom. The minimum absolute atomic E-state index is 0.126. The second kappa shape index (κ2) is 8.47. The van der Waals surface area contributed by atoms with E-state index in [2.05, 4.69) is 5.32 Å². The van der Waals surface area contributed by atoms with Crippen molar-refractivity contribution in [1.82, 2.24) is 10.4 Å². The van der Waals surface area contributed by atoms with Crippen LogP contribution >= 0.6 is 0 Å². The van der Waals surface area contributed by atoms with Crippen LogP contribution in [0.25, 0.3) is 0 Å². The monoisotopic (exact) mass is 426 g/mol. The van der Waals surface area contributed by atoms with Gasteiger partial charge >= 0.3 is 12.1 Å². The van der Waals surface area contributed by atoms with Crippen molar-refractivity contribution in [2.75, 3.05) is 7.11 Å². The van der Waals surface area contributed by atoms with Crippen LogP contribution in [0.3, 0.4) is 0 Å². The molecule has 1 aliphatic rings. The van der Waals surface area contributed by atoms with E-state index in [1.165, 1.54) is 19.2 Å². The summed E-state index contributed by atoms with van der Waals surface area (Å²) in [6.07, 6.45) is -0.868. The number of carbonyl (C=O) groups is 4. The van der Waals surface area contributed by atoms with Gasteiger partial charge in [-0.15, -0.1) is 0 Å². The highest BCUT2D eigenvalue weighted by atomic mass is 16.7. The van der Waals surface area contributed by atoms with Crippen LogP contribution in [0.1, 0.15) is 53.1 Å². The zero-order valence-corrected chi connectivity index (χ0v) is 17.5. The fourth-order valence-corrected chi connectivity index (χ4v) is 2.89.